The highest BCUT2D eigenvalue weighted by molar-refractivity contribution is 7.98. The molecule has 3 rings (SSSR count). The van der Waals surface area contributed by atoms with Crippen molar-refractivity contribution in [3.8, 4) is 0 Å². The van der Waals surface area contributed by atoms with Gasteiger partial charge in [-0.05, 0) is 60.5 Å². The highest BCUT2D eigenvalue weighted by atomic mass is 35.5. The summed E-state index contributed by atoms with van der Waals surface area (Å²) in [5.41, 5.74) is 5.04. The number of hydrogen-bond acceptors (Lipinski definition) is 3. The molecule has 2 nitrogen and oxygen atoms in total. The van der Waals surface area contributed by atoms with E-state index in [1.165, 1.54) is 21.6 Å². The summed E-state index contributed by atoms with van der Waals surface area (Å²) in [4.78, 5) is 13.6. The lowest BCUT2D eigenvalue weighted by molar-refractivity contribution is 0.0966. The molecular formula is C24H30ClNOS. The first-order chi connectivity index (χ1) is 13.3. The molecule has 1 aliphatic rings. The van der Waals surface area contributed by atoms with Gasteiger partial charge in [-0.1, -0.05) is 62.7 Å². The van der Waals surface area contributed by atoms with E-state index in [-0.39, 0.29) is 11.2 Å². The summed E-state index contributed by atoms with van der Waals surface area (Å²) in [5, 5.41) is 4.31. The van der Waals surface area contributed by atoms with Crippen molar-refractivity contribution in [2.24, 2.45) is 5.41 Å². The molecule has 1 aliphatic heterocycles. The molecule has 0 amide bonds. The smallest absolute Gasteiger partial charge is 0.162 e. The SMILES string of the molecule is CC(C)(C)CCC(=O)c1ccc(CSc2c(Cl)ccc3c2CCNCC3)cc1. The van der Waals surface area contributed by atoms with Gasteiger partial charge in [-0.2, -0.15) is 0 Å². The second-order valence-electron chi connectivity index (χ2n) is 8.73. The molecule has 2 aromatic rings. The molecular weight excluding hydrogens is 386 g/mol. The Morgan fingerprint density at radius 3 is 2.50 bits per heavy atom. The molecule has 0 radical (unpaired) electrons. The summed E-state index contributed by atoms with van der Waals surface area (Å²) in [6.45, 7) is 8.56. The third-order valence-electron chi connectivity index (χ3n) is 5.19. The van der Waals surface area contributed by atoms with Gasteiger partial charge in [0.2, 0.25) is 0 Å². The molecule has 0 fully saturated rings. The van der Waals surface area contributed by atoms with E-state index in [9.17, 15) is 4.79 Å². The Bertz CT molecular complexity index is 824. The number of thioether (sulfide) groups is 1. The van der Waals surface area contributed by atoms with Crippen LogP contribution in [0.4, 0.5) is 0 Å². The zero-order valence-electron chi connectivity index (χ0n) is 17.1. The first kappa shape index (κ1) is 21.4. The van der Waals surface area contributed by atoms with E-state index in [4.69, 9.17) is 11.6 Å². The van der Waals surface area contributed by atoms with Crippen LogP contribution in [-0.4, -0.2) is 18.9 Å². The topological polar surface area (TPSA) is 29.1 Å². The standard InChI is InChI=1S/C24H30ClNOS/c1-24(2,3)13-10-22(27)19-6-4-17(5-7-19)16-28-23-20-12-15-26-14-11-18(20)8-9-21(23)25/h4-9,26H,10-16H2,1-3H3. The number of Topliss-reactive ketones (excluding diaryl/α,β-unsaturated/α-hetero) is 1. The minimum atomic E-state index is 0.189. The van der Waals surface area contributed by atoms with Crippen molar-refractivity contribution >= 4 is 29.1 Å². The summed E-state index contributed by atoms with van der Waals surface area (Å²) < 4.78 is 0. The Morgan fingerprint density at radius 2 is 1.79 bits per heavy atom. The largest absolute Gasteiger partial charge is 0.316 e. The van der Waals surface area contributed by atoms with Crippen molar-refractivity contribution in [1.82, 2.24) is 5.32 Å². The first-order valence-corrected chi connectivity index (χ1v) is 11.5. The van der Waals surface area contributed by atoms with Crippen LogP contribution in [0.25, 0.3) is 0 Å². The maximum atomic E-state index is 12.4. The van der Waals surface area contributed by atoms with Gasteiger partial charge < -0.3 is 5.32 Å². The van der Waals surface area contributed by atoms with E-state index < -0.39 is 0 Å². The Hall–Kier alpha value is -1.29. The van der Waals surface area contributed by atoms with Gasteiger partial charge in [-0.25, -0.2) is 0 Å². The number of nitrogens with one attached hydrogen (secondary N) is 1. The number of ketones is 1. The Morgan fingerprint density at radius 1 is 1.07 bits per heavy atom. The third kappa shape index (κ3) is 5.85. The summed E-state index contributed by atoms with van der Waals surface area (Å²) in [6.07, 6.45) is 3.61. The van der Waals surface area contributed by atoms with E-state index >= 15 is 0 Å². The minimum absolute atomic E-state index is 0.189. The zero-order chi connectivity index (χ0) is 20.1. The molecule has 1 heterocycles. The molecule has 0 bridgehead atoms. The fraction of sp³-hybridized carbons (Fsp3) is 0.458. The van der Waals surface area contributed by atoms with E-state index in [0.717, 1.165) is 48.7 Å². The van der Waals surface area contributed by atoms with Crippen LogP contribution < -0.4 is 5.32 Å². The van der Waals surface area contributed by atoms with Crippen LogP contribution in [0.2, 0.25) is 5.02 Å². The molecule has 0 aromatic heterocycles. The molecule has 0 spiro atoms. The third-order valence-corrected chi connectivity index (χ3v) is 6.85. The average Bonchev–Trinajstić information content (AvgIpc) is 2.91. The molecule has 150 valence electrons. The number of hydrogen-bond donors (Lipinski definition) is 1. The summed E-state index contributed by atoms with van der Waals surface area (Å²) in [6, 6.07) is 12.3. The zero-order valence-corrected chi connectivity index (χ0v) is 18.7. The van der Waals surface area contributed by atoms with Gasteiger partial charge in [0, 0.05) is 22.6 Å². The van der Waals surface area contributed by atoms with Crippen molar-refractivity contribution in [1.29, 1.82) is 0 Å². The monoisotopic (exact) mass is 415 g/mol. The van der Waals surface area contributed by atoms with Gasteiger partial charge in [0.25, 0.3) is 0 Å². The summed E-state index contributed by atoms with van der Waals surface area (Å²) >= 11 is 8.34. The highest BCUT2D eigenvalue weighted by Gasteiger charge is 2.16. The quantitative estimate of drug-likeness (QED) is 0.441. The molecule has 0 atom stereocenters. The van der Waals surface area contributed by atoms with E-state index in [1.54, 1.807) is 0 Å². The van der Waals surface area contributed by atoms with Crippen LogP contribution in [-0.2, 0) is 18.6 Å². The Labute approximate surface area is 178 Å². The van der Waals surface area contributed by atoms with Gasteiger partial charge in [0.05, 0.1) is 5.02 Å². The second kappa shape index (κ2) is 9.47. The first-order valence-electron chi connectivity index (χ1n) is 10.1. The van der Waals surface area contributed by atoms with E-state index in [1.807, 2.05) is 30.0 Å². The maximum absolute atomic E-state index is 12.4. The van der Waals surface area contributed by atoms with E-state index in [0.29, 0.717) is 6.42 Å². The van der Waals surface area contributed by atoms with Crippen LogP contribution in [0.3, 0.4) is 0 Å². The predicted molar refractivity (Wildman–Crippen MR) is 121 cm³/mol. The van der Waals surface area contributed by atoms with Gasteiger partial charge in [0.1, 0.15) is 0 Å². The van der Waals surface area contributed by atoms with Gasteiger partial charge in [0.15, 0.2) is 5.78 Å². The second-order valence-corrected chi connectivity index (χ2v) is 10.1. The average molecular weight is 416 g/mol. The van der Waals surface area contributed by atoms with Gasteiger partial charge in [-0.15, -0.1) is 11.8 Å². The minimum Gasteiger partial charge on any atom is -0.316 e. The predicted octanol–water partition coefficient (Wildman–Crippen LogP) is 6.33. The molecule has 4 heteroatoms. The van der Waals surface area contributed by atoms with Crippen LogP contribution >= 0.6 is 23.4 Å². The molecule has 28 heavy (non-hydrogen) atoms. The Kier molecular flexibility index (Phi) is 7.25. The van der Waals surface area contributed by atoms with Crippen molar-refractivity contribution in [2.45, 2.75) is 57.1 Å². The van der Waals surface area contributed by atoms with E-state index in [2.05, 4.69) is 44.3 Å². The summed E-state index contributed by atoms with van der Waals surface area (Å²) in [7, 11) is 0. The fourth-order valence-corrected chi connectivity index (χ4v) is 4.90. The molecule has 0 aliphatic carbocycles. The number of rotatable bonds is 6. The van der Waals surface area contributed by atoms with Crippen molar-refractivity contribution < 1.29 is 4.79 Å². The fourth-order valence-electron chi connectivity index (χ4n) is 3.44. The molecule has 0 unspecified atom stereocenters. The molecule has 1 N–H and O–H groups in total. The number of fused-ring (bicyclic) bond motifs is 1. The maximum Gasteiger partial charge on any atom is 0.162 e. The van der Waals surface area contributed by atoms with Crippen molar-refractivity contribution in [2.75, 3.05) is 13.1 Å². The lowest BCUT2D eigenvalue weighted by Crippen LogP contribution is -2.16. The van der Waals surface area contributed by atoms with Gasteiger partial charge >= 0.3 is 0 Å². The number of halogens is 1. The Balaban J connectivity index is 1.65. The van der Waals surface area contributed by atoms with Crippen LogP contribution in [0.1, 0.15) is 60.7 Å². The molecule has 0 saturated carbocycles. The molecule has 2 aromatic carbocycles. The highest BCUT2D eigenvalue weighted by Crippen LogP contribution is 2.36. The number of benzene rings is 2. The lowest BCUT2D eigenvalue weighted by atomic mass is 9.88. The van der Waals surface area contributed by atoms with Crippen molar-refractivity contribution in [3.05, 3.63) is 63.7 Å². The number of carbonyl (C=O) groups excluding carboxylic acids is 1. The summed E-state index contributed by atoms with van der Waals surface area (Å²) in [5.74, 6) is 1.10. The van der Waals surface area contributed by atoms with Gasteiger partial charge in [-0.3, -0.25) is 4.79 Å². The van der Waals surface area contributed by atoms with Crippen molar-refractivity contribution in [3.63, 3.8) is 0 Å². The molecule has 0 saturated heterocycles. The van der Waals surface area contributed by atoms with Crippen LogP contribution in [0, 0.1) is 5.41 Å². The lowest BCUT2D eigenvalue weighted by Gasteiger charge is -2.17. The normalized spacial score (nSPS) is 14.4. The van der Waals surface area contributed by atoms with Crippen LogP contribution in [0.5, 0.6) is 0 Å². The van der Waals surface area contributed by atoms with Crippen LogP contribution in [0.15, 0.2) is 41.3 Å². The number of carbonyl (C=O) groups is 1.